The number of thiazole rings is 1. The monoisotopic (exact) mass is 265 g/mol. The van der Waals surface area contributed by atoms with E-state index in [1.54, 1.807) is 11.3 Å². The molecule has 2 rings (SSSR count). The number of rotatable bonds is 4. The molecule has 0 bridgehead atoms. The van der Waals surface area contributed by atoms with E-state index in [0.717, 1.165) is 10.7 Å². The molecule has 0 aliphatic rings. The van der Waals surface area contributed by atoms with Crippen molar-refractivity contribution in [1.82, 2.24) is 25.3 Å². The summed E-state index contributed by atoms with van der Waals surface area (Å²) < 4.78 is 1.89. The second-order valence-corrected chi connectivity index (χ2v) is 6.22. The summed E-state index contributed by atoms with van der Waals surface area (Å²) in [6.07, 6.45) is 3.82. The molecule has 1 unspecified atom stereocenters. The lowest BCUT2D eigenvalue weighted by atomic mass is 10.1. The van der Waals surface area contributed by atoms with Crippen LogP contribution in [0.5, 0.6) is 0 Å². The minimum absolute atomic E-state index is 0.0217. The van der Waals surface area contributed by atoms with Crippen molar-refractivity contribution in [2.75, 3.05) is 0 Å². The van der Waals surface area contributed by atoms with Gasteiger partial charge in [-0.1, -0.05) is 5.21 Å². The van der Waals surface area contributed by atoms with E-state index in [-0.39, 0.29) is 11.6 Å². The molecule has 2 aromatic rings. The fourth-order valence-electron chi connectivity index (χ4n) is 1.50. The first-order valence-corrected chi connectivity index (χ1v) is 6.89. The Morgan fingerprint density at radius 1 is 1.44 bits per heavy atom. The van der Waals surface area contributed by atoms with Crippen molar-refractivity contribution < 1.29 is 0 Å². The van der Waals surface area contributed by atoms with Gasteiger partial charge >= 0.3 is 0 Å². The molecule has 0 amide bonds. The first-order valence-electron chi connectivity index (χ1n) is 6.01. The highest BCUT2D eigenvalue weighted by atomic mass is 32.1. The van der Waals surface area contributed by atoms with Gasteiger partial charge in [-0.2, -0.15) is 0 Å². The van der Waals surface area contributed by atoms with Crippen LogP contribution in [0.1, 0.15) is 44.4 Å². The highest BCUT2D eigenvalue weighted by Crippen LogP contribution is 2.16. The first-order chi connectivity index (χ1) is 8.47. The fourth-order valence-corrected chi connectivity index (χ4v) is 2.17. The zero-order valence-corrected chi connectivity index (χ0v) is 12.0. The molecule has 0 spiro atoms. The molecule has 1 N–H and O–H groups in total. The van der Waals surface area contributed by atoms with Crippen molar-refractivity contribution in [3.8, 4) is 0 Å². The van der Waals surface area contributed by atoms with Crippen LogP contribution in [0.15, 0.2) is 17.8 Å². The number of nitrogens with one attached hydrogen (secondary N) is 1. The lowest BCUT2D eigenvalue weighted by Gasteiger charge is -2.17. The van der Waals surface area contributed by atoms with Crippen molar-refractivity contribution in [2.45, 2.75) is 45.8 Å². The number of hydrogen-bond acceptors (Lipinski definition) is 5. The molecule has 2 heterocycles. The Morgan fingerprint density at radius 3 is 2.78 bits per heavy atom. The van der Waals surface area contributed by atoms with Crippen molar-refractivity contribution in [2.24, 2.45) is 0 Å². The van der Waals surface area contributed by atoms with Gasteiger partial charge < -0.3 is 5.32 Å². The molecule has 0 aromatic carbocycles. The second kappa shape index (κ2) is 5.16. The van der Waals surface area contributed by atoms with Gasteiger partial charge in [-0.05, 0) is 27.7 Å². The number of aromatic nitrogens is 4. The van der Waals surface area contributed by atoms with Gasteiger partial charge in [-0.25, -0.2) is 9.67 Å². The molecule has 2 aromatic heterocycles. The van der Waals surface area contributed by atoms with Crippen molar-refractivity contribution >= 4 is 11.3 Å². The van der Waals surface area contributed by atoms with Crippen LogP contribution in [0.3, 0.4) is 0 Å². The molecule has 0 saturated carbocycles. The topological polar surface area (TPSA) is 55.6 Å². The lowest BCUT2D eigenvalue weighted by Crippen LogP contribution is -2.22. The third-order valence-corrected chi connectivity index (χ3v) is 3.60. The zero-order valence-electron chi connectivity index (χ0n) is 11.2. The summed E-state index contributed by atoms with van der Waals surface area (Å²) in [4.78, 5) is 4.29. The van der Waals surface area contributed by atoms with Crippen LogP contribution in [0.4, 0.5) is 0 Å². The Morgan fingerprint density at radius 2 is 2.22 bits per heavy atom. The molecule has 0 aliphatic carbocycles. The predicted octanol–water partition coefficient (Wildman–Crippen LogP) is 2.34. The normalized spacial score (nSPS) is 13.8. The van der Waals surface area contributed by atoms with E-state index in [9.17, 15) is 0 Å². The Kier molecular flexibility index (Phi) is 3.77. The zero-order chi connectivity index (χ0) is 13.2. The summed E-state index contributed by atoms with van der Waals surface area (Å²) in [5.74, 6) is 0. The van der Waals surface area contributed by atoms with E-state index >= 15 is 0 Å². The van der Waals surface area contributed by atoms with Crippen LogP contribution in [0, 0.1) is 0 Å². The predicted molar refractivity (Wildman–Crippen MR) is 72.4 cm³/mol. The highest BCUT2D eigenvalue weighted by Gasteiger charge is 2.15. The minimum atomic E-state index is -0.0217. The van der Waals surface area contributed by atoms with E-state index in [1.165, 1.54) is 0 Å². The van der Waals surface area contributed by atoms with Crippen LogP contribution < -0.4 is 5.32 Å². The van der Waals surface area contributed by atoms with Crippen LogP contribution in [0.25, 0.3) is 0 Å². The summed E-state index contributed by atoms with van der Waals surface area (Å²) >= 11 is 1.66. The maximum atomic E-state index is 4.29. The van der Waals surface area contributed by atoms with Crippen LogP contribution in [0.2, 0.25) is 0 Å². The Bertz CT molecular complexity index is 483. The third kappa shape index (κ3) is 3.14. The van der Waals surface area contributed by atoms with Gasteiger partial charge in [0.05, 0.1) is 23.5 Å². The Labute approximate surface area is 111 Å². The van der Waals surface area contributed by atoms with Crippen LogP contribution in [-0.4, -0.2) is 20.0 Å². The van der Waals surface area contributed by atoms with Gasteiger partial charge in [-0.15, -0.1) is 16.4 Å². The fraction of sp³-hybridized carbons (Fsp3) is 0.583. The molecular formula is C12H19N5S. The van der Waals surface area contributed by atoms with E-state index < -0.39 is 0 Å². The van der Waals surface area contributed by atoms with Crippen molar-refractivity contribution in [3.63, 3.8) is 0 Å². The minimum Gasteiger partial charge on any atom is -0.302 e. The second-order valence-electron chi connectivity index (χ2n) is 5.30. The molecule has 98 valence electrons. The highest BCUT2D eigenvalue weighted by molar-refractivity contribution is 7.09. The number of hydrogen-bond donors (Lipinski definition) is 1. The van der Waals surface area contributed by atoms with Gasteiger partial charge in [0, 0.05) is 18.1 Å². The summed E-state index contributed by atoms with van der Waals surface area (Å²) in [6, 6.07) is 0.241. The molecule has 0 aliphatic heterocycles. The Balaban J connectivity index is 1.93. The van der Waals surface area contributed by atoms with Crippen LogP contribution >= 0.6 is 11.3 Å². The van der Waals surface area contributed by atoms with Gasteiger partial charge in [-0.3, -0.25) is 0 Å². The largest absolute Gasteiger partial charge is 0.302 e. The van der Waals surface area contributed by atoms with E-state index in [2.05, 4.69) is 48.3 Å². The van der Waals surface area contributed by atoms with Crippen LogP contribution in [-0.2, 0) is 12.1 Å². The van der Waals surface area contributed by atoms with E-state index in [0.29, 0.717) is 6.54 Å². The molecular weight excluding hydrogens is 246 g/mol. The summed E-state index contributed by atoms with van der Waals surface area (Å²) in [7, 11) is 0. The third-order valence-electron chi connectivity index (χ3n) is 2.64. The van der Waals surface area contributed by atoms with Gasteiger partial charge in [0.1, 0.15) is 5.01 Å². The van der Waals surface area contributed by atoms with Gasteiger partial charge in [0.15, 0.2) is 0 Å². The summed E-state index contributed by atoms with van der Waals surface area (Å²) in [5, 5.41) is 14.8. The average Bonchev–Trinajstić information content (AvgIpc) is 2.96. The average molecular weight is 265 g/mol. The molecule has 0 saturated heterocycles. The molecule has 1 atom stereocenters. The molecule has 5 nitrogen and oxygen atoms in total. The Hall–Kier alpha value is -1.27. The first kappa shape index (κ1) is 13.2. The molecule has 0 fully saturated rings. The van der Waals surface area contributed by atoms with E-state index in [4.69, 9.17) is 0 Å². The maximum Gasteiger partial charge on any atom is 0.109 e. The number of nitrogens with zero attached hydrogens (tertiary/aromatic N) is 4. The quantitative estimate of drug-likeness (QED) is 0.922. The van der Waals surface area contributed by atoms with Gasteiger partial charge in [0.25, 0.3) is 0 Å². The summed E-state index contributed by atoms with van der Waals surface area (Å²) in [6.45, 7) is 9.13. The molecule has 18 heavy (non-hydrogen) atoms. The molecule has 6 heteroatoms. The van der Waals surface area contributed by atoms with Crippen molar-refractivity contribution in [3.05, 3.63) is 28.5 Å². The maximum absolute atomic E-state index is 4.29. The SMILES string of the molecule is CC(NCc1cn(C(C)(C)C)nn1)c1nccs1. The van der Waals surface area contributed by atoms with Crippen molar-refractivity contribution in [1.29, 1.82) is 0 Å². The molecule has 0 radical (unpaired) electrons. The summed E-state index contributed by atoms with van der Waals surface area (Å²) in [5.41, 5.74) is 0.931. The lowest BCUT2D eigenvalue weighted by molar-refractivity contribution is 0.347. The van der Waals surface area contributed by atoms with Gasteiger partial charge in [0.2, 0.25) is 0 Å². The smallest absolute Gasteiger partial charge is 0.109 e. The standard InChI is InChI=1S/C12H19N5S/c1-9(11-13-5-6-18-11)14-7-10-8-17(16-15-10)12(2,3)4/h5-6,8-9,14H,7H2,1-4H3. The van der Waals surface area contributed by atoms with E-state index in [1.807, 2.05) is 22.5 Å².